The van der Waals surface area contributed by atoms with Crippen molar-refractivity contribution in [2.45, 2.75) is 0 Å². The Bertz CT molecular complexity index is 758. The number of carbonyl (C=O) groups is 1. The minimum Gasteiger partial charge on any atom is -0.319 e. The number of carbonyl (C=O) groups excluding carboxylic acids is 1. The molecule has 2 aromatic rings. The van der Waals surface area contributed by atoms with Gasteiger partial charge in [-0.05, 0) is 23.8 Å². The number of hydrogen-bond donors (Lipinski definition) is 0. The normalized spacial score (nSPS) is 15.1. The summed E-state index contributed by atoms with van der Waals surface area (Å²) in [7, 11) is 0. The molecule has 0 radical (unpaired) electrons. The molecule has 5 heteroatoms. The average molecular weight is 340 g/mol. The van der Waals surface area contributed by atoms with E-state index in [1.165, 1.54) is 0 Å². The minimum absolute atomic E-state index is 0.0286. The Morgan fingerprint density at radius 2 is 1.88 bits per heavy atom. The number of hydrogen-bond acceptors (Lipinski definition) is 2. The van der Waals surface area contributed by atoms with Crippen LogP contribution < -0.4 is 4.90 Å². The van der Waals surface area contributed by atoms with Gasteiger partial charge in [0.15, 0.2) is 0 Å². The van der Waals surface area contributed by atoms with Crippen molar-refractivity contribution in [3.8, 4) is 0 Å². The van der Waals surface area contributed by atoms with Crippen LogP contribution in [0.3, 0.4) is 0 Å². The van der Waals surface area contributed by atoms with Crippen LogP contribution in [0.5, 0.6) is 0 Å². The second-order valence-electron chi connectivity index (χ2n) is 5.39. The third-order valence-electron chi connectivity index (χ3n) is 3.82. The third kappa shape index (κ3) is 3.84. The smallest absolute Gasteiger partial charge is 0.319 e. The van der Waals surface area contributed by atoms with E-state index in [2.05, 4.69) is 4.98 Å². The van der Waals surface area contributed by atoms with Gasteiger partial charge in [-0.3, -0.25) is 9.88 Å². The van der Waals surface area contributed by atoms with Crippen molar-refractivity contribution in [3.05, 3.63) is 77.6 Å². The quantitative estimate of drug-likeness (QED) is 0.764. The molecule has 4 nitrogen and oxygen atoms in total. The van der Waals surface area contributed by atoms with Crippen LogP contribution in [0.4, 0.5) is 10.5 Å². The van der Waals surface area contributed by atoms with Gasteiger partial charge in [0.05, 0.1) is 0 Å². The van der Waals surface area contributed by atoms with Gasteiger partial charge in [-0.25, -0.2) is 4.79 Å². The highest BCUT2D eigenvalue weighted by Crippen LogP contribution is 2.19. The Morgan fingerprint density at radius 1 is 1.08 bits per heavy atom. The maximum atomic E-state index is 12.4. The van der Waals surface area contributed by atoms with Gasteiger partial charge in [-0.15, -0.1) is 0 Å². The molecule has 1 aliphatic heterocycles. The fourth-order valence-corrected chi connectivity index (χ4v) is 2.75. The van der Waals surface area contributed by atoms with E-state index in [4.69, 9.17) is 11.6 Å². The summed E-state index contributed by atoms with van der Waals surface area (Å²) in [5.41, 5.74) is 1.87. The van der Waals surface area contributed by atoms with E-state index in [9.17, 15) is 4.79 Å². The van der Waals surface area contributed by atoms with Crippen molar-refractivity contribution >= 4 is 29.4 Å². The first-order valence-corrected chi connectivity index (χ1v) is 8.18. The summed E-state index contributed by atoms with van der Waals surface area (Å²) in [5.74, 6) is 0. The van der Waals surface area contributed by atoms with Gasteiger partial charge < -0.3 is 4.90 Å². The van der Waals surface area contributed by atoms with E-state index < -0.39 is 0 Å². The summed E-state index contributed by atoms with van der Waals surface area (Å²) in [4.78, 5) is 20.0. The molecule has 0 aliphatic carbocycles. The number of allylic oxidation sites excluding steroid dienone is 2. The SMILES string of the molecule is O=C1N(C/C=C/C=C/c2ccccc2Cl)CCN1c1ccncc1. The first-order chi connectivity index (χ1) is 11.8. The number of aromatic nitrogens is 1. The molecule has 0 spiro atoms. The Balaban J connectivity index is 1.54. The number of nitrogens with zero attached hydrogens (tertiary/aromatic N) is 3. The Labute approximate surface area is 146 Å². The van der Waals surface area contributed by atoms with Crippen molar-refractivity contribution in [1.82, 2.24) is 9.88 Å². The molecule has 0 bridgehead atoms. The van der Waals surface area contributed by atoms with Crippen LogP contribution in [-0.4, -0.2) is 35.5 Å². The van der Waals surface area contributed by atoms with E-state index in [0.717, 1.165) is 22.8 Å². The molecule has 2 heterocycles. The molecule has 1 fully saturated rings. The van der Waals surface area contributed by atoms with Gasteiger partial charge >= 0.3 is 6.03 Å². The standard InChI is InChI=1S/C19H18ClN3O/c20-18-8-4-3-7-16(18)6-2-1-5-13-22-14-15-23(19(22)24)17-9-11-21-12-10-17/h1-12H,13-15H2/b5-1+,6-2+. The summed E-state index contributed by atoms with van der Waals surface area (Å²) in [6.07, 6.45) is 11.2. The van der Waals surface area contributed by atoms with Crippen LogP contribution in [0, 0.1) is 0 Å². The molecule has 1 aromatic carbocycles. The van der Waals surface area contributed by atoms with E-state index in [-0.39, 0.29) is 6.03 Å². The summed E-state index contributed by atoms with van der Waals surface area (Å²) in [6.45, 7) is 2.01. The summed E-state index contributed by atoms with van der Waals surface area (Å²) < 4.78 is 0. The molecule has 0 saturated carbocycles. The van der Waals surface area contributed by atoms with Crippen LogP contribution >= 0.6 is 11.6 Å². The van der Waals surface area contributed by atoms with Gasteiger partial charge in [0, 0.05) is 42.7 Å². The molecule has 3 rings (SSSR count). The van der Waals surface area contributed by atoms with Crippen LogP contribution in [0.25, 0.3) is 6.08 Å². The lowest BCUT2D eigenvalue weighted by molar-refractivity contribution is 0.225. The second kappa shape index (κ2) is 7.79. The molecule has 122 valence electrons. The number of amides is 2. The third-order valence-corrected chi connectivity index (χ3v) is 4.17. The van der Waals surface area contributed by atoms with Crippen LogP contribution in [-0.2, 0) is 0 Å². The zero-order valence-electron chi connectivity index (χ0n) is 13.2. The highest BCUT2D eigenvalue weighted by molar-refractivity contribution is 6.32. The summed E-state index contributed by atoms with van der Waals surface area (Å²) in [5, 5.41) is 0.727. The predicted octanol–water partition coefficient (Wildman–Crippen LogP) is 4.25. The minimum atomic E-state index is 0.0286. The van der Waals surface area contributed by atoms with Crippen LogP contribution in [0.2, 0.25) is 5.02 Å². The number of pyridine rings is 1. The first kappa shape index (κ1) is 16.3. The zero-order chi connectivity index (χ0) is 16.8. The average Bonchev–Trinajstić information content (AvgIpc) is 2.98. The van der Waals surface area contributed by atoms with Crippen molar-refractivity contribution in [2.75, 3.05) is 24.5 Å². The largest absolute Gasteiger partial charge is 0.324 e. The maximum absolute atomic E-state index is 12.4. The maximum Gasteiger partial charge on any atom is 0.324 e. The van der Waals surface area contributed by atoms with Gasteiger partial charge in [-0.2, -0.15) is 0 Å². The highest BCUT2D eigenvalue weighted by atomic mass is 35.5. The van der Waals surface area contributed by atoms with Gasteiger partial charge in [0.1, 0.15) is 0 Å². The molecule has 1 saturated heterocycles. The summed E-state index contributed by atoms with van der Waals surface area (Å²) >= 11 is 6.10. The fraction of sp³-hybridized carbons (Fsp3) is 0.158. The number of benzene rings is 1. The lowest BCUT2D eigenvalue weighted by atomic mass is 10.2. The van der Waals surface area contributed by atoms with Gasteiger partial charge in [-0.1, -0.05) is 54.1 Å². The molecule has 0 N–H and O–H groups in total. The van der Waals surface area contributed by atoms with Crippen molar-refractivity contribution in [1.29, 1.82) is 0 Å². The number of rotatable bonds is 5. The summed E-state index contributed by atoms with van der Waals surface area (Å²) in [6, 6.07) is 11.4. The monoisotopic (exact) mass is 339 g/mol. The van der Waals surface area contributed by atoms with Crippen LogP contribution in [0.1, 0.15) is 5.56 Å². The van der Waals surface area contributed by atoms with E-state index in [1.54, 1.807) is 17.3 Å². The fourth-order valence-electron chi connectivity index (χ4n) is 2.55. The van der Waals surface area contributed by atoms with Crippen molar-refractivity contribution in [3.63, 3.8) is 0 Å². The van der Waals surface area contributed by atoms with E-state index in [1.807, 2.05) is 65.6 Å². The first-order valence-electron chi connectivity index (χ1n) is 7.80. The number of anilines is 1. The number of urea groups is 1. The van der Waals surface area contributed by atoms with Gasteiger partial charge in [0.25, 0.3) is 0 Å². The Morgan fingerprint density at radius 3 is 2.67 bits per heavy atom. The van der Waals surface area contributed by atoms with Crippen LogP contribution in [0.15, 0.2) is 67.0 Å². The predicted molar refractivity (Wildman–Crippen MR) is 98.2 cm³/mol. The Kier molecular flexibility index (Phi) is 5.29. The molecule has 24 heavy (non-hydrogen) atoms. The zero-order valence-corrected chi connectivity index (χ0v) is 13.9. The van der Waals surface area contributed by atoms with Crippen molar-refractivity contribution < 1.29 is 4.79 Å². The molecule has 0 atom stereocenters. The Hall–Kier alpha value is -2.59. The lowest BCUT2D eigenvalue weighted by Gasteiger charge is -2.17. The number of halogens is 1. The molecular weight excluding hydrogens is 322 g/mol. The van der Waals surface area contributed by atoms with E-state index >= 15 is 0 Å². The molecule has 1 aromatic heterocycles. The highest BCUT2D eigenvalue weighted by Gasteiger charge is 2.28. The van der Waals surface area contributed by atoms with E-state index in [0.29, 0.717) is 13.1 Å². The molecule has 1 aliphatic rings. The topological polar surface area (TPSA) is 36.4 Å². The molecular formula is C19H18ClN3O. The van der Waals surface area contributed by atoms with Gasteiger partial charge in [0.2, 0.25) is 0 Å². The molecule has 2 amide bonds. The second-order valence-corrected chi connectivity index (χ2v) is 5.80. The lowest BCUT2D eigenvalue weighted by Crippen LogP contribution is -2.31. The molecule has 0 unspecified atom stereocenters. The van der Waals surface area contributed by atoms with Crippen molar-refractivity contribution in [2.24, 2.45) is 0 Å².